The largest absolute Gasteiger partial charge is 0.316 e. The van der Waals surface area contributed by atoms with Crippen LogP contribution < -0.4 is 5.32 Å². The molecule has 2 rings (SSSR count). The van der Waals surface area contributed by atoms with Gasteiger partial charge >= 0.3 is 0 Å². The van der Waals surface area contributed by atoms with Crippen LogP contribution in [0.2, 0.25) is 0 Å². The number of hydrogen-bond donors (Lipinski definition) is 1. The first-order valence-electron chi connectivity index (χ1n) is 8.19. The van der Waals surface area contributed by atoms with Crippen LogP contribution in [-0.4, -0.2) is 40.9 Å². The molecule has 1 aliphatic rings. The van der Waals surface area contributed by atoms with Crippen molar-refractivity contribution >= 4 is 0 Å². The molecule has 1 fully saturated rings. The standard InChI is InChI=1S/C16H30N4/c1-4-9-19(12-15-7-6-8-17-11-15)13-16-10-14(3)18-20(16)5-2/h10,15,17H,4-9,11-13H2,1-3H3. The van der Waals surface area contributed by atoms with Gasteiger partial charge in [-0.15, -0.1) is 0 Å². The number of nitrogens with zero attached hydrogens (tertiary/aromatic N) is 3. The van der Waals surface area contributed by atoms with Crippen molar-refractivity contribution in [2.45, 2.75) is 53.1 Å². The third-order valence-electron chi connectivity index (χ3n) is 4.13. The molecule has 4 nitrogen and oxygen atoms in total. The summed E-state index contributed by atoms with van der Waals surface area (Å²) in [4.78, 5) is 2.61. The highest BCUT2D eigenvalue weighted by Crippen LogP contribution is 2.15. The number of hydrogen-bond acceptors (Lipinski definition) is 3. The molecule has 0 aromatic carbocycles. The minimum atomic E-state index is 0.814. The van der Waals surface area contributed by atoms with Crippen LogP contribution >= 0.6 is 0 Å². The molecule has 0 spiro atoms. The zero-order valence-corrected chi connectivity index (χ0v) is 13.4. The number of aromatic nitrogens is 2. The van der Waals surface area contributed by atoms with E-state index < -0.39 is 0 Å². The maximum absolute atomic E-state index is 4.57. The molecule has 1 saturated heterocycles. The van der Waals surface area contributed by atoms with Gasteiger partial charge in [0, 0.05) is 19.6 Å². The fourth-order valence-electron chi connectivity index (χ4n) is 3.23. The molecule has 1 unspecified atom stereocenters. The zero-order chi connectivity index (χ0) is 14.4. The Hall–Kier alpha value is -0.870. The summed E-state index contributed by atoms with van der Waals surface area (Å²) >= 11 is 0. The Morgan fingerprint density at radius 2 is 2.30 bits per heavy atom. The van der Waals surface area contributed by atoms with Crippen LogP contribution in [0.3, 0.4) is 0 Å². The maximum atomic E-state index is 4.57. The van der Waals surface area contributed by atoms with E-state index in [0.29, 0.717) is 0 Å². The summed E-state index contributed by atoms with van der Waals surface area (Å²) in [5, 5.41) is 8.10. The second-order valence-electron chi connectivity index (χ2n) is 6.04. The van der Waals surface area contributed by atoms with Crippen LogP contribution in [0, 0.1) is 12.8 Å². The van der Waals surface area contributed by atoms with Crippen molar-refractivity contribution in [2.24, 2.45) is 5.92 Å². The monoisotopic (exact) mass is 278 g/mol. The molecule has 1 aliphatic heterocycles. The molecule has 1 aromatic heterocycles. The predicted molar refractivity (Wildman–Crippen MR) is 83.8 cm³/mol. The van der Waals surface area contributed by atoms with E-state index in [4.69, 9.17) is 0 Å². The van der Waals surface area contributed by atoms with Gasteiger partial charge in [0.15, 0.2) is 0 Å². The molecule has 0 radical (unpaired) electrons. The Bertz CT molecular complexity index is 393. The van der Waals surface area contributed by atoms with Gasteiger partial charge in [0.05, 0.1) is 11.4 Å². The first-order valence-corrected chi connectivity index (χ1v) is 8.19. The van der Waals surface area contributed by atoms with E-state index in [1.807, 2.05) is 0 Å². The van der Waals surface area contributed by atoms with Gasteiger partial charge in [-0.1, -0.05) is 6.92 Å². The van der Waals surface area contributed by atoms with Crippen molar-refractivity contribution in [2.75, 3.05) is 26.2 Å². The average molecular weight is 278 g/mol. The summed E-state index contributed by atoms with van der Waals surface area (Å²) in [6.07, 6.45) is 3.93. The van der Waals surface area contributed by atoms with Crippen molar-refractivity contribution in [1.82, 2.24) is 20.0 Å². The van der Waals surface area contributed by atoms with E-state index in [2.05, 4.69) is 46.8 Å². The lowest BCUT2D eigenvalue weighted by Gasteiger charge is -2.30. The number of aryl methyl sites for hydroxylation is 2. The Labute approximate surface area is 123 Å². The second-order valence-corrected chi connectivity index (χ2v) is 6.04. The van der Waals surface area contributed by atoms with E-state index in [1.54, 1.807) is 0 Å². The molecule has 0 bridgehead atoms. The van der Waals surface area contributed by atoms with Gasteiger partial charge in [-0.3, -0.25) is 9.58 Å². The molecule has 0 saturated carbocycles. The lowest BCUT2D eigenvalue weighted by molar-refractivity contribution is 0.197. The van der Waals surface area contributed by atoms with Gasteiger partial charge in [0.2, 0.25) is 0 Å². The minimum absolute atomic E-state index is 0.814. The first-order chi connectivity index (χ1) is 9.72. The number of rotatable bonds is 7. The Morgan fingerprint density at radius 3 is 2.95 bits per heavy atom. The van der Waals surface area contributed by atoms with Gasteiger partial charge in [-0.05, 0) is 64.7 Å². The summed E-state index contributed by atoms with van der Waals surface area (Å²) in [7, 11) is 0. The third kappa shape index (κ3) is 4.32. The normalized spacial score (nSPS) is 19.7. The zero-order valence-electron chi connectivity index (χ0n) is 13.4. The Balaban J connectivity index is 1.96. The van der Waals surface area contributed by atoms with Crippen LogP contribution in [0.15, 0.2) is 6.07 Å². The van der Waals surface area contributed by atoms with Crippen molar-refractivity contribution in [3.63, 3.8) is 0 Å². The SMILES string of the molecule is CCCN(Cc1cc(C)nn1CC)CC1CCCNC1. The quantitative estimate of drug-likeness (QED) is 0.831. The highest BCUT2D eigenvalue weighted by Gasteiger charge is 2.18. The molecule has 20 heavy (non-hydrogen) atoms. The molecule has 1 N–H and O–H groups in total. The summed E-state index contributed by atoms with van der Waals surface area (Å²) < 4.78 is 2.15. The first kappa shape index (κ1) is 15.5. The van der Waals surface area contributed by atoms with Crippen LogP contribution in [-0.2, 0) is 13.1 Å². The lowest BCUT2D eigenvalue weighted by atomic mass is 9.99. The summed E-state index contributed by atoms with van der Waals surface area (Å²) in [6.45, 7) is 13.3. The van der Waals surface area contributed by atoms with Crippen molar-refractivity contribution < 1.29 is 0 Å². The van der Waals surface area contributed by atoms with E-state index in [0.717, 1.165) is 24.7 Å². The van der Waals surface area contributed by atoms with E-state index >= 15 is 0 Å². The minimum Gasteiger partial charge on any atom is -0.316 e. The van der Waals surface area contributed by atoms with Gasteiger partial charge in [0.25, 0.3) is 0 Å². The highest BCUT2D eigenvalue weighted by atomic mass is 15.3. The summed E-state index contributed by atoms with van der Waals surface area (Å²) in [5.41, 5.74) is 2.50. The molecule has 1 aromatic rings. The lowest BCUT2D eigenvalue weighted by Crippen LogP contribution is -2.38. The molecule has 2 heterocycles. The molecule has 114 valence electrons. The van der Waals surface area contributed by atoms with Gasteiger partial charge in [-0.2, -0.15) is 5.10 Å². The van der Waals surface area contributed by atoms with Crippen LogP contribution in [0.25, 0.3) is 0 Å². The van der Waals surface area contributed by atoms with Gasteiger partial charge in [-0.25, -0.2) is 0 Å². The van der Waals surface area contributed by atoms with Gasteiger partial charge < -0.3 is 5.32 Å². The van der Waals surface area contributed by atoms with E-state index in [9.17, 15) is 0 Å². The van der Waals surface area contributed by atoms with Crippen molar-refractivity contribution in [1.29, 1.82) is 0 Å². The fraction of sp³-hybridized carbons (Fsp3) is 0.812. The Kier molecular flexibility index (Phi) is 6.05. The predicted octanol–water partition coefficient (Wildman–Crippen LogP) is 2.42. The molecule has 0 aliphatic carbocycles. The average Bonchev–Trinajstić information content (AvgIpc) is 2.80. The van der Waals surface area contributed by atoms with Crippen LogP contribution in [0.5, 0.6) is 0 Å². The molecule has 4 heteroatoms. The number of piperidine rings is 1. The summed E-state index contributed by atoms with van der Waals surface area (Å²) in [5.74, 6) is 0.814. The number of nitrogens with one attached hydrogen (secondary N) is 1. The molecular weight excluding hydrogens is 248 g/mol. The maximum Gasteiger partial charge on any atom is 0.0597 e. The summed E-state index contributed by atoms with van der Waals surface area (Å²) in [6, 6.07) is 2.24. The van der Waals surface area contributed by atoms with Crippen LogP contribution in [0.4, 0.5) is 0 Å². The van der Waals surface area contributed by atoms with E-state index in [-0.39, 0.29) is 0 Å². The van der Waals surface area contributed by atoms with Gasteiger partial charge in [0.1, 0.15) is 0 Å². The third-order valence-corrected chi connectivity index (χ3v) is 4.13. The van der Waals surface area contributed by atoms with Crippen LogP contribution in [0.1, 0.15) is 44.5 Å². The highest BCUT2D eigenvalue weighted by molar-refractivity contribution is 5.08. The van der Waals surface area contributed by atoms with Crippen molar-refractivity contribution in [3.8, 4) is 0 Å². The van der Waals surface area contributed by atoms with E-state index in [1.165, 1.54) is 51.1 Å². The fourth-order valence-corrected chi connectivity index (χ4v) is 3.23. The van der Waals surface area contributed by atoms with Crippen molar-refractivity contribution in [3.05, 3.63) is 17.5 Å². The smallest absolute Gasteiger partial charge is 0.0597 e. The second kappa shape index (κ2) is 7.79. The molecule has 1 atom stereocenters. The Morgan fingerprint density at radius 1 is 1.45 bits per heavy atom. The topological polar surface area (TPSA) is 33.1 Å². The molecule has 0 amide bonds. The molecular formula is C16H30N4.